The Hall–Kier alpha value is -2.33. The molecule has 2 aromatic rings. The maximum atomic E-state index is 11.3. The molecule has 3 rings (SSSR count). The lowest BCUT2D eigenvalue weighted by molar-refractivity contribution is -0.121. The van der Waals surface area contributed by atoms with Gasteiger partial charge in [0.15, 0.2) is 0 Å². The molecule has 4 heteroatoms. The number of methoxy groups -OCH3 is 1. The van der Waals surface area contributed by atoms with Crippen molar-refractivity contribution in [2.45, 2.75) is 13.0 Å². The van der Waals surface area contributed by atoms with Crippen LogP contribution in [0.5, 0.6) is 5.75 Å². The normalized spacial score (nSPS) is 18.0. The summed E-state index contributed by atoms with van der Waals surface area (Å²) in [6.07, 6.45) is 0.847. The molecule has 1 saturated heterocycles. The van der Waals surface area contributed by atoms with Crippen LogP contribution in [0.2, 0.25) is 0 Å². The Morgan fingerprint density at radius 1 is 1.22 bits per heavy atom. The van der Waals surface area contributed by atoms with Crippen molar-refractivity contribution in [3.63, 3.8) is 0 Å². The molecule has 2 aromatic carbocycles. The summed E-state index contributed by atoms with van der Waals surface area (Å²) in [6, 6.07) is 16.6. The molecule has 1 aliphatic heterocycles. The highest BCUT2D eigenvalue weighted by molar-refractivity contribution is 5.77. The van der Waals surface area contributed by atoms with E-state index in [1.54, 1.807) is 7.11 Å². The minimum atomic E-state index is -0.195. The van der Waals surface area contributed by atoms with E-state index in [0.29, 0.717) is 0 Å². The molecule has 1 aliphatic rings. The van der Waals surface area contributed by atoms with Gasteiger partial charge in [-0.25, -0.2) is 0 Å². The fraction of sp³-hybridized carbons (Fsp3) is 0.316. The highest BCUT2D eigenvalue weighted by atomic mass is 16.5. The lowest BCUT2D eigenvalue weighted by Crippen LogP contribution is -2.27. The molecule has 0 aromatic heterocycles. The molecule has 0 bridgehead atoms. The number of hydrogen-bond acceptors (Lipinski definition) is 3. The first kappa shape index (κ1) is 15.6. The third-order valence-electron chi connectivity index (χ3n) is 4.46. The van der Waals surface area contributed by atoms with E-state index in [4.69, 9.17) is 10.5 Å². The van der Waals surface area contributed by atoms with E-state index >= 15 is 0 Å². The molecule has 1 heterocycles. The van der Waals surface area contributed by atoms with Crippen molar-refractivity contribution in [2.75, 3.05) is 20.2 Å². The molecule has 0 unspecified atom stereocenters. The van der Waals surface area contributed by atoms with Gasteiger partial charge in [0, 0.05) is 18.7 Å². The number of likely N-dealkylation sites (tertiary alicyclic amines) is 1. The molecule has 0 radical (unpaired) electrons. The molecule has 1 amide bonds. The van der Waals surface area contributed by atoms with Crippen LogP contribution in [0, 0.1) is 5.92 Å². The number of rotatable bonds is 5. The topological polar surface area (TPSA) is 55.6 Å². The van der Waals surface area contributed by atoms with E-state index in [2.05, 4.69) is 35.2 Å². The van der Waals surface area contributed by atoms with Gasteiger partial charge in [0.25, 0.3) is 0 Å². The SMILES string of the molecule is COc1cc(-c2ccccc2)ccc1CN1CC[C@H](C(N)=O)C1. The Morgan fingerprint density at radius 2 is 2.00 bits per heavy atom. The van der Waals surface area contributed by atoms with Crippen LogP contribution in [0.3, 0.4) is 0 Å². The second kappa shape index (κ2) is 6.84. The second-order valence-corrected chi connectivity index (χ2v) is 6.02. The summed E-state index contributed by atoms with van der Waals surface area (Å²) in [6.45, 7) is 2.41. The van der Waals surface area contributed by atoms with Gasteiger partial charge in [-0.2, -0.15) is 0 Å². The number of primary amides is 1. The van der Waals surface area contributed by atoms with E-state index < -0.39 is 0 Å². The first-order valence-corrected chi connectivity index (χ1v) is 7.91. The summed E-state index contributed by atoms with van der Waals surface area (Å²) in [5, 5.41) is 0. The number of hydrogen-bond donors (Lipinski definition) is 1. The van der Waals surface area contributed by atoms with Crippen LogP contribution >= 0.6 is 0 Å². The number of benzene rings is 2. The molecule has 0 aliphatic carbocycles. The molecular formula is C19H22N2O2. The van der Waals surface area contributed by atoms with Gasteiger partial charge in [-0.05, 0) is 30.2 Å². The summed E-state index contributed by atoms with van der Waals surface area (Å²) in [4.78, 5) is 13.6. The van der Waals surface area contributed by atoms with E-state index in [9.17, 15) is 4.79 Å². The lowest BCUT2D eigenvalue weighted by atomic mass is 10.0. The summed E-state index contributed by atoms with van der Waals surface area (Å²) >= 11 is 0. The highest BCUT2D eigenvalue weighted by Crippen LogP contribution is 2.29. The van der Waals surface area contributed by atoms with E-state index in [0.717, 1.165) is 42.9 Å². The third kappa shape index (κ3) is 3.54. The van der Waals surface area contributed by atoms with Crippen molar-refractivity contribution in [2.24, 2.45) is 11.7 Å². The number of ether oxygens (including phenoxy) is 1. The molecule has 0 spiro atoms. The van der Waals surface area contributed by atoms with Crippen molar-refractivity contribution in [1.29, 1.82) is 0 Å². The third-order valence-corrected chi connectivity index (χ3v) is 4.46. The van der Waals surface area contributed by atoms with Gasteiger partial charge < -0.3 is 10.5 Å². The van der Waals surface area contributed by atoms with E-state index in [1.165, 1.54) is 5.56 Å². The highest BCUT2D eigenvalue weighted by Gasteiger charge is 2.26. The Kier molecular flexibility index (Phi) is 4.63. The summed E-state index contributed by atoms with van der Waals surface area (Å²) in [5.41, 5.74) is 8.85. The van der Waals surface area contributed by atoms with Crippen molar-refractivity contribution in [1.82, 2.24) is 4.90 Å². The number of nitrogens with two attached hydrogens (primary N) is 1. The zero-order chi connectivity index (χ0) is 16.2. The molecule has 0 saturated carbocycles. The quantitative estimate of drug-likeness (QED) is 0.924. The lowest BCUT2D eigenvalue weighted by Gasteiger charge is -2.18. The molecule has 2 N–H and O–H groups in total. The Labute approximate surface area is 136 Å². The van der Waals surface area contributed by atoms with Crippen LogP contribution in [0.1, 0.15) is 12.0 Å². The maximum absolute atomic E-state index is 11.3. The molecule has 1 fully saturated rings. The van der Waals surface area contributed by atoms with Crippen molar-refractivity contribution in [3.05, 3.63) is 54.1 Å². The first-order valence-electron chi connectivity index (χ1n) is 7.91. The van der Waals surface area contributed by atoms with E-state index in [-0.39, 0.29) is 11.8 Å². The number of nitrogens with zero attached hydrogens (tertiary/aromatic N) is 1. The predicted molar refractivity (Wildman–Crippen MR) is 91.0 cm³/mol. The van der Waals surface area contributed by atoms with Gasteiger partial charge in [0.1, 0.15) is 5.75 Å². The number of amides is 1. The second-order valence-electron chi connectivity index (χ2n) is 6.02. The molecule has 23 heavy (non-hydrogen) atoms. The zero-order valence-corrected chi connectivity index (χ0v) is 13.4. The van der Waals surface area contributed by atoms with Crippen molar-refractivity contribution < 1.29 is 9.53 Å². The monoisotopic (exact) mass is 310 g/mol. The fourth-order valence-corrected chi connectivity index (χ4v) is 3.13. The molecule has 1 atom stereocenters. The Balaban J connectivity index is 1.77. The van der Waals surface area contributed by atoms with E-state index in [1.807, 2.05) is 18.2 Å². The van der Waals surface area contributed by atoms with Gasteiger partial charge in [-0.1, -0.05) is 42.5 Å². The van der Waals surface area contributed by atoms with Gasteiger partial charge >= 0.3 is 0 Å². The summed E-state index contributed by atoms with van der Waals surface area (Å²) in [5.74, 6) is 0.664. The van der Waals surface area contributed by atoms with Gasteiger partial charge in [0.2, 0.25) is 5.91 Å². The van der Waals surface area contributed by atoms with Gasteiger partial charge in [-0.15, -0.1) is 0 Å². The summed E-state index contributed by atoms with van der Waals surface area (Å²) < 4.78 is 5.57. The minimum Gasteiger partial charge on any atom is -0.496 e. The fourth-order valence-electron chi connectivity index (χ4n) is 3.13. The standard InChI is InChI=1S/C19H22N2O2/c1-23-18-11-15(14-5-3-2-4-6-14)7-8-16(18)12-21-10-9-17(13-21)19(20)22/h2-8,11,17H,9-10,12-13H2,1H3,(H2,20,22)/t17-/m0/s1. The molecule has 120 valence electrons. The van der Waals surface area contributed by atoms with Crippen LogP contribution in [0.15, 0.2) is 48.5 Å². The van der Waals surface area contributed by atoms with Crippen LogP contribution in [0.25, 0.3) is 11.1 Å². The van der Waals surface area contributed by atoms with Crippen LogP contribution in [-0.4, -0.2) is 31.0 Å². The van der Waals surface area contributed by atoms with Gasteiger partial charge in [0.05, 0.1) is 13.0 Å². The summed E-state index contributed by atoms with van der Waals surface area (Å²) in [7, 11) is 1.70. The Bertz CT molecular complexity index is 685. The Morgan fingerprint density at radius 3 is 2.65 bits per heavy atom. The van der Waals surface area contributed by atoms with Crippen LogP contribution in [-0.2, 0) is 11.3 Å². The number of carbonyl (C=O) groups is 1. The average molecular weight is 310 g/mol. The van der Waals surface area contributed by atoms with Crippen molar-refractivity contribution in [3.8, 4) is 16.9 Å². The van der Waals surface area contributed by atoms with Crippen LogP contribution in [0.4, 0.5) is 0 Å². The molecule has 4 nitrogen and oxygen atoms in total. The minimum absolute atomic E-state index is 0.0235. The molecular weight excluding hydrogens is 288 g/mol. The van der Waals surface area contributed by atoms with Gasteiger partial charge in [-0.3, -0.25) is 9.69 Å². The zero-order valence-electron chi connectivity index (χ0n) is 13.4. The first-order chi connectivity index (χ1) is 11.2. The number of carbonyl (C=O) groups excluding carboxylic acids is 1. The maximum Gasteiger partial charge on any atom is 0.221 e. The smallest absolute Gasteiger partial charge is 0.221 e. The van der Waals surface area contributed by atoms with Crippen LogP contribution < -0.4 is 10.5 Å². The average Bonchev–Trinajstić information content (AvgIpc) is 3.05. The largest absolute Gasteiger partial charge is 0.496 e. The van der Waals surface area contributed by atoms with Crippen molar-refractivity contribution >= 4 is 5.91 Å². The predicted octanol–water partition coefficient (Wildman–Crippen LogP) is 2.67.